The number of hydrogen-bond donors (Lipinski definition) is 3. The number of rotatable bonds is 4. The second-order valence-corrected chi connectivity index (χ2v) is 5.85. The number of carbonyl (C=O) groups is 2. The minimum Gasteiger partial charge on any atom is -0.477 e. The summed E-state index contributed by atoms with van der Waals surface area (Å²) in [5.41, 5.74) is 2.87. The number of carbonyl (C=O) groups excluding carboxylic acids is 1. The van der Waals surface area contributed by atoms with Crippen molar-refractivity contribution in [3.63, 3.8) is 0 Å². The number of amides is 1. The molecule has 0 spiro atoms. The summed E-state index contributed by atoms with van der Waals surface area (Å²) in [6, 6.07) is 13.6. The van der Waals surface area contributed by atoms with Crippen LogP contribution in [0.5, 0.6) is 0 Å². The van der Waals surface area contributed by atoms with Crippen molar-refractivity contribution < 1.29 is 14.7 Å². The van der Waals surface area contributed by atoms with E-state index in [4.69, 9.17) is 0 Å². The van der Waals surface area contributed by atoms with Gasteiger partial charge in [-0.2, -0.15) is 0 Å². The molecule has 0 radical (unpaired) electrons. The summed E-state index contributed by atoms with van der Waals surface area (Å²) < 4.78 is 0. The van der Waals surface area contributed by atoms with Gasteiger partial charge in [0.05, 0.1) is 0 Å². The van der Waals surface area contributed by atoms with Crippen molar-refractivity contribution >= 4 is 34.4 Å². The molecule has 0 atom stereocenters. The third kappa shape index (κ3) is 3.45. The van der Waals surface area contributed by atoms with Crippen molar-refractivity contribution in [2.75, 3.05) is 5.32 Å². The van der Waals surface area contributed by atoms with Gasteiger partial charge in [-0.15, -0.1) is 0 Å². The molecule has 0 saturated carbocycles. The Bertz CT molecular complexity index is 999. The molecule has 1 amide bonds. The summed E-state index contributed by atoms with van der Waals surface area (Å²) in [6.07, 6.45) is 2.87. The molecule has 0 fully saturated rings. The van der Waals surface area contributed by atoms with E-state index in [0.717, 1.165) is 22.0 Å². The van der Waals surface area contributed by atoms with Crippen molar-refractivity contribution in [1.29, 1.82) is 0 Å². The highest BCUT2D eigenvalue weighted by Crippen LogP contribution is 2.21. The van der Waals surface area contributed by atoms with Crippen LogP contribution in [0.1, 0.15) is 27.3 Å². The summed E-state index contributed by atoms with van der Waals surface area (Å²) in [6.45, 7) is 3.62. The highest BCUT2D eigenvalue weighted by molar-refractivity contribution is 6.04. The van der Waals surface area contributed by atoms with Crippen molar-refractivity contribution in [2.24, 2.45) is 0 Å². The van der Waals surface area contributed by atoms with Gasteiger partial charge in [0.1, 0.15) is 5.69 Å². The number of aromatic carboxylic acids is 1. The molecule has 5 heteroatoms. The molecule has 3 N–H and O–H groups in total. The first-order valence-corrected chi connectivity index (χ1v) is 7.86. The van der Waals surface area contributed by atoms with Gasteiger partial charge in [-0.3, -0.25) is 4.79 Å². The molecule has 0 aliphatic heterocycles. The zero-order valence-electron chi connectivity index (χ0n) is 14.0. The molecular formula is C20H18N2O3. The molecule has 0 saturated heterocycles. The van der Waals surface area contributed by atoms with Gasteiger partial charge in [0.25, 0.3) is 0 Å². The normalized spacial score (nSPS) is 11.1. The summed E-state index contributed by atoms with van der Waals surface area (Å²) in [5.74, 6) is -1.37. The first-order valence-electron chi connectivity index (χ1n) is 7.86. The van der Waals surface area contributed by atoms with Crippen LogP contribution < -0.4 is 5.32 Å². The Kier molecular flexibility index (Phi) is 4.39. The smallest absolute Gasteiger partial charge is 0.352 e. The van der Waals surface area contributed by atoms with Gasteiger partial charge in [-0.25, -0.2) is 4.79 Å². The topological polar surface area (TPSA) is 82.2 Å². The van der Waals surface area contributed by atoms with E-state index in [1.807, 2.05) is 49.4 Å². The highest BCUT2D eigenvalue weighted by Gasteiger charge is 2.15. The van der Waals surface area contributed by atoms with Crippen LogP contribution in [0, 0.1) is 13.8 Å². The maximum atomic E-state index is 12.2. The van der Waals surface area contributed by atoms with Crippen molar-refractivity contribution in [2.45, 2.75) is 13.8 Å². The molecule has 2 aromatic carbocycles. The Morgan fingerprint density at radius 3 is 2.52 bits per heavy atom. The lowest BCUT2D eigenvalue weighted by Crippen LogP contribution is -2.08. The van der Waals surface area contributed by atoms with E-state index >= 15 is 0 Å². The molecule has 0 aliphatic rings. The van der Waals surface area contributed by atoms with Crippen LogP contribution in [-0.4, -0.2) is 22.0 Å². The van der Waals surface area contributed by atoms with Gasteiger partial charge >= 0.3 is 5.97 Å². The number of carboxylic acids is 1. The highest BCUT2D eigenvalue weighted by atomic mass is 16.4. The van der Waals surface area contributed by atoms with Gasteiger partial charge in [-0.1, -0.05) is 30.3 Å². The third-order valence-corrected chi connectivity index (χ3v) is 4.18. The van der Waals surface area contributed by atoms with E-state index < -0.39 is 5.97 Å². The Labute approximate surface area is 145 Å². The molecule has 0 bridgehead atoms. The maximum Gasteiger partial charge on any atom is 0.352 e. The van der Waals surface area contributed by atoms with Crippen molar-refractivity contribution in [3.8, 4) is 0 Å². The number of H-pyrrole nitrogens is 1. The number of anilines is 1. The van der Waals surface area contributed by atoms with Crippen LogP contribution in [0.3, 0.4) is 0 Å². The monoisotopic (exact) mass is 334 g/mol. The van der Waals surface area contributed by atoms with Gasteiger partial charge in [0.15, 0.2) is 0 Å². The number of carboxylic acid groups (broad SMARTS) is 1. The number of nitrogens with one attached hydrogen (secondary N) is 2. The van der Waals surface area contributed by atoms with Gasteiger partial charge in [0, 0.05) is 23.0 Å². The zero-order chi connectivity index (χ0) is 18.0. The zero-order valence-corrected chi connectivity index (χ0v) is 14.0. The molecule has 3 aromatic rings. The molecular weight excluding hydrogens is 316 g/mol. The predicted molar refractivity (Wildman–Crippen MR) is 98.8 cm³/mol. The number of hydrogen-bond acceptors (Lipinski definition) is 2. The first kappa shape index (κ1) is 16.5. The first-order chi connectivity index (χ1) is 12.0. The molecule has 3 rings (SSSR count). The summed E-state index contributed by atoms with van der Waals surface area (Å²) in [7, 11) is 0. The predicted octanol–water partition coefficient (Wildman–Crippen LogP) is 4.13. The lowest BCUT2D eigenvalue weighted by molar-refractivity contribution is -0.111. The Morgan fingerprint density at radius 1 is 1.08 bits per heavy atom. The molecule has 0 unspecified atom stereocenters. The van der Waals surface area contributed by atoms with E-state index in [1.165, 1.54) is 12.2 Å². The summed E-state index contributed by atoms with van der Waals surface area (Å²) in [5, 5.41) is 14.2. The Morgan fingerprint density at radius 2 is 1.80 bits per heavy atom. The van der Waals surface area contributed by atoms with Crippen LogP contribution in [-0.2, 0) is 4.79 Å². The van der Waals surface area contributed by atoms with E-state index in [-0.39, 0.29) is 11.6 Å². The molecule has 5 nitrogen and oxygen atoms in total. The van der Waals surface area contributed by atoms with Crippen LogP contribution in [0.2, 0.25) is 0 Å². The Balaban J connectivity index is 1.80. The standard InChI is InChI=1S/C20H18N2O3/c1-12-13(2)21-19(20(24)25)17(12)9-10-18(23)22-16-8-7-14-5-3-4-6-15(14)11-16/h3-11,21H,1-2H3,(H,22,23)(H,24,25)/b10-9+. The molecule has 1 aromatic heterocycles. The number of benzene rings is 2. The van der Waals surface area contributed by atoms with Crippen LogP contribution in [0.25, 0.3) is 16.8 Å². The molecule has 0 aliphatic carbocycles. The number of aromatic amines is 1. The SMILES string of the molecule is Cc1[nH]c(C(=O)O)c(/C=C/C(=O)Nc2ccc3ccccc3c2)c1C. The second-order valence-electron chi connectivity index (χ2n) is 5.85. The fourth-order valence-electron chi connectivity index (χ4n) is 2.73. The fraction of sp³-hybridized carbons (Fsp3) is 0.100. The summed E-state index contributed by atoms with van der Waals surface area (Å²) >= 11 is 0. The maximum absolute atomic E-state index is 12.2. The summed E-state index contributed by atoms with van der Waals surface area (Å²) in [4.78, 5) is 26.3. The van der Waals surface area contributed by atoms with Crippen LogP contribution >= 0.6 is 0 Å². The van der Waals surface area contributed by atoms with Gasteiger partial charge < -0.3 is 15.4 Å². The average Bonchev–Trinajstić information content (AvgIpc) is 2.88. The van der Waals surface area contributed by atoms with E-state index in [1.54, 1.807) is 6.92 Å². The van der Waals surface area contributed by atoms with E-state index in [2.05, 4.69) is 10.3 Å². The van der Waals surface area contributed by atoms with Crippen molar-refractivity contribution in [1.82, 2.24) is 4.98 Å². The van der Waals surface area contributed by atoms with Gasteiger partial charge in [-0.05, 0) is 48.4 Å². The lowest BCUT2D eigenvalue weighted by atomic mass is 10.1. The number of fused-ring (bicyclic) bond motifs is 1. The average molecular weight is 334 g/mol. The quantitative estimate of drug-likeness (QED) is 0.627. The number of aryl methyl sites for hydroxylation is 1. The van der Waals surface area contributed by atoms with E-state index in [9.17, 15) is 14.7 Å². The van der Waals surface area contributed by atoms with Crippen LogP contribution in [0.15, 0.2) is 48.5 Å². The van der Waals surface area contributed by atoms with Crippen LogP contribution in [0.4, 0.5) is 5.69 Å². The largest absolute Gasteiger partial charge is 0.477 e. The third-order valence-electron chi connectivity index (χ3n) is 4.18. The molecule has 1 heterocycles. The van der Waals surface area contributed by atoms with Gasteiger partial charge in [0.2, 0.25) is 5.91 Å². The Hall–Kier alpha value is -3.34. The fourth-order valence-corrected chi connectivity index (χ4v) is 2.73. The van der Waals surface area contributed by atoms with Crippen molar-refractivity contribution in [3.05, 3.63) is 71.1 Å². The number of aromatic nitrogens is 1. The molecule has 25 heavy (non-hydrogen) atoms. The minimum absolute atomic E-state index is 0.0877. The molecule has 126 valence electrons. The lowest BCUT2D eigenvalue weighted by Gasteiger charge is -2.04. The second kappa shape index (κ2) is 6.65. The minimum atomic E-state index is -1.05. The van der Waals surface area contributed by atoms with E-state index in [0.29, 0.717) is 11.3 Å².